The van der Waals surface area contributed by atoms with Gasteiger partial charge >= 0.3 is 0 Å². The van der Waals surface area contributed by atoms with E-state index in [0.717, 1.165) is 17.1 Å². The number of nitrogens with zero attached hydrogens (tertiary/aromatic N) is 5. The summed E-state index contributed by atoms with van der Waals surface area (Å²) in [6.07, 6.45) is 4.94. The van der Waals surface area contributed by atoms with Crippen LogP contribution < -0.4 is 5.32 Å². The Kier molecular flexibility index (Phi) is 3.53. The number of anilines is 1. The van der Waals surface area contributed by atoms with Gasteiger partial charge in [-0.25, -0.2) is 4.98 Å². The Morgan fingerprint density at radius 3 is 2.60 bits per heavy atom. The smallest absolute Gasteiger partial charge is 0.259 e. The Labute approximate surface area is 143 Å². The van der Waals surface area contributed by atoms with Crippen molar-refractivity contribution in [2.75, 3.05) is 5.32 Å². The molecule has 0 saturated carbocycles. The number of hydrogen-bond donors (Lipinski definition) is 1. The molecule has 0 bridgehead atoms. The van der Waals surface area contributed by atoms with Crippen LogP contribution in [-0.4, -0.2) is 30.3 Å². The second kappa shape index (κ2) is 5.86. The Hall–Kier alpha value is -3.48. The quantitative estimate of drug-likeness (QED) is 0.626. The van der Waals surface area contributed by atoms with Gasteiger partial charge in [0, 0.05) is 23.3 Å². The topological polar surface area (TPSA) is 77.1 Å². The van der Waals surface area contributed by atoms with Gasteiger partial charge in [-0.1, -0.05) is 0 Å². The van der Waals surface area contributed by atoms with Crippen LogP contribution in [0.15, 0.2) is 55.1 Å². The standard InChI is InChI=1S/C18H16N6O/c1-12-13(2)23(11-19-12)15-7-5-14(6-8-15)22-18(25)16-10-21-24-17(16)4-3-9-20-24/h3-11H,1-2H3,(H,22,25). The number of amides is 1. The summed E-state index contributed by atoms with van der Waals surface area (Å²) in [5, 5.41) is 11.0. The molecule has 1 N–H and O–H groups in total. The second-order valence-electron chi connectivity index (χ2n) is 5.74. The number of imidazole rings is 1. The molecule has 4 rings (SSSR count). The maximum absolute atomic E-state index is 12.5. The van der Waals surface area contributed by atoms with Crippen molar-refractivity contribution < 1.29 is 4.79 Å². The predicted octanol–water partition coefficient (Wildman–Crippen LogP) is 2.78. The fourth-order valence-electron chi connectivity index (χ4n) is 2.67. The van der Waals surface area contributed by atoms with Crippen LogP contribution in [0.2, 0.25) is 0 Å². The number of nitrogens with one attached hydrogen (secondary N) is 1. The lowest BCUT2D eigenvalue weighted by molar-refractivity contribution is 0.102. The summed E-state index contributed by atoms with van der Waals surface area (Å²) in [6, 6.07) is 11.2. The third-order valence-electron chi connectivity index (χ3n) is 4.20. The molecule has 1 aromatic carbocycles. The molecule has 0 aliphatic rings. The van der Waals surface area contributed by atoms with Crippen molar-refractivity contribution in [3.05, 3.63) is 72.1 Å². The van der Waals surface area contributed by atoms with Gasteiger partial charge < -0.3 is 9.88 Å². The van der Waals surface area contributed by atoms with Crippen molar-refractivity contribution in [2.24, 2.45) is 0 Å². The van der Waals surface area contributed by atoms with E-state index < -0.39 is 0 Å². The van der Waals surface area contributed by atoms with Crippen LogP contribution in [0.25, 0.3) is 11.2 Å². The molecule has 3 heterocycles. The highest BCUT2D eigenvalue weighted by Crippen LogP contribution is 2.18. The van der Waals surface area contributed by atoms with Gasteiger partial charge in [0.15, 0.2) is 0 Å². The molecule has 0 unspecified atom stereocenters. The minimum Gasteiger partial charge on any atom is -0.322 e. The lowest BCUT2D eigenvalue weighted by Gasteiger charge is -2.08. The van der Waals surface area contributed by atoms with E-state index in [-0.39, 0.29) is 5.91 Å². The van der Waals surface area contributed by atoms with Crippen molar-refractivity contribution in [2.45, 2.75) is 13.8 Å². The van der Waals surface area contributed by atoms with Crippen LogP contribution in [0, 0.1) is 13.8 Å². The lowest BCUT2D eigenvalue weighted by Crippen LogP contribution is -2.11. The van der Waals surface area contributed by atoms with Crippen LogP contribution in [0.1, 0.15) is 21.7 Å². The first-order valence-electron chi connectivity index (χ1n) is 7.85. The number of aromatic nitrogens is 5. The normalized spacial score (nSPS) is 11.0. The summed E-state index contributed by atoms with van der Waals surface area (Å²) in [6.45, 7) is 4.00. The number of fused-ring (bicyclic) bond motifs is 1. The molecule has 0 saturated heterocycles. The van der Waals surface area contributed by atoms with Crippen LogP contribution in [0.4, 0.5) is 5.69 Å². The Balaban J connectivity index is 1.57. The SMILES string of the molecule is Cc1ncn(-c2ccc(NC(=O)c3cnn4ncccc34)cc2)c1C. The number of carbonyl (C=O) groups excluding carboxylic acids is 1. The van der Waals surface area contributed by atoms with E-state index in [1.807, 2.05) is 48.7 Å². The predicted molar refractivity (Wildman–Crippen MR) is 94.0 cm³/mol. The lowest BCUT2D eigenvalue weighted by atomic mass is 10.2. The van der Waals surface area contributed by atoms with Gasteiger partial charge in [0.25, 0.3) is 5.91 Å². The van der Waals surface area contributed by atoms with Crippen molar-refractivity contribution in [1.82, 2.24) is 24.4 Å². The van der Waals surface area contributed by atoms with Crippen LogP contribution in [0.5, 0.6) is 0 Å². The summed E-state index contributed by atoms with van der Waals surface area (Å²) in [5.41, 5.74) is 4.96. The number of aryl methyl sites for hydroxylation is 1. The molecule has 0 fully saturated rings. The molecule has 0 radical (unpaired) electrons. The highest BCUT2D eigenvalue weighted by atomic mass is 16.1. The maximum Gasteiger partial charge on any atom is 0.259 e. The van der Waals surface area contributed by atoms with Gasteiger partial charge in [0.2, 0.25) is 0 Å². The van der Waals surface area contributed by atoms with Crippen LogP contribution in [-0.2, 0) is 0 Å². The molecular formula is C18H16N6O. The molecule has 7 nitrogen and oxygen atoms in total. The number of hydrogen-bond acceptors (Lipinski definition) is 4. The Morgan fingerprint density at radius 1 is 1.08 bits per heavy atom. The summed E-state index contributed by atoms with van der Waals surface area (Å²) < 4.78 is 3.44. The minimum absolute atomic E-state index is 0.217. The van der Waals surface area contributed by atoms with Gasteiger partial charge in [0.1, 0.15) is 5.52 Å². The highest BCUT2D eigenvalue weighted by Gasteiger charge is 2.13. The van der Waals surface area contributed by atoms with E-state index in [1.165, 1.54) is 10.8 Å². The number of rotatable bonds is 3. The average Bonchev–Trinajstić information content (AvgIpc) is 3.20. The summed E-state index contributed by atoms with van der Waals surface area (Å²) >= 11 is 0. The third-order valence-corrected chi connectivity index (χ3v) is 4.20. The van der Waals surface area contributed by atoms with Crippen molar-refractivity contribution in [3.8, 4) is 5.69 Å². The average molecular weight is 332 g/mol. The third kappa shape index (κ3) is 2.65. The largest absolute Gasteiger partial charge is 0.322 e. The van der Waals surface area contributed by atoms with Crippen molar-refractivity contribution in [1.29, 1.82) is 0 Å². The highest BCUT2D eigenvalue weighted by molar-refractivity contribution is 6.08. The summed E-state index contributed by atoms with van der Waals surface area (Å²) in [4.78, 5) is 16.8. The molecule has 0 spiro atoms. The Bertz CT molecular complexity index is 1060. The molecule has 0 aliphatic heterocycles. The van der Waals surface area contributed by atoms with Gasteiger partial charge in [-0.15, -0.1) is 0 Å². The van der Waals surface area contributed by atoms with E-state index in [1.54, 1.807) is 18.6 Å². The molecule has 124 valence electrons. The number of carbonyl (C=O) groups is 1. The van der Waals surface area contributed by atoms with Crippen LogP contribution in [0.3, 0.4) is 0 Å². The van der Waals surface area contributed by atoms with Gasteiger partial charge in [-0.05, 0) is 50.2 Å². The Morgan fingerprint density at radius 2 is 1.88 bits per heavy atom. The van der Waals surface area contributed by atoms with Crippen molar-refractivity contribution in [3.63, 3.8) is 0 Å². The first-order chi connectivity index (χ1) is 12.1. The second-order valence-corrected chi connectivity index (χ2v) is 5.74. The molecule has 7 heteroatoms. The minimum atomic E-state index is -0.217. The first kappa shape index (κ1) is 15.1. The molecule has 3 aromatic heterocycles. The van der Waals surface area contributed by atoms with E-state index in [2.05, 4.69) is 20.5 Å². The monoisotopic (exact) mass is 332 g/mol. The summed E-state index contributed by atoms with van der Waals surface area (Å²) in [5.74, 6) is -0.217. The maximum atomic E-state index is 12.5. The fourth-order valence-corrected chi connectivity index (χ4v) is 2.67. The zero-order valence-corrected chi connectivity index (χ0v) is 13.8. The van der Waals surface area contributed by atoms with Crippen molar-refractivity contribution >= 4 is 17.1 Å². The van der Waals surface area contributed by atoms with E-state index in [0.29, 0.717) is 16.8 Å². The van der Waals surface area contributed by atoms with Gasteiger partial charge in [0.05, 0.1) is 23.8 Å². The van der Waals surface area contributed by atoms with Gasteiger partial charge in [-0.3, -0.25) is 4.79 Å². The van der Waals surface area contributed by atoms with Crippen LogP contribution >= 0.6 is 0 Å². The molecule has 0 aliphatic carbocycles. The van der Waals surface area contributed by atoms with E-state index in [9.17, 15) is 4.79 Å². The van der Waals surface area contributed by atoms with E-state index >= 15 is 0 Å². The van der Waals surface area contributed by atoms with Gasteiger partial charge in [-0.2, -0.15) is 14.8 Å². The van der Waals surface area contributed by atoms with E-state index in [4.69, 9.17) is 0 Å². The molecule has 4 aromatic rings. The summed E-state index contributed by atoms with van der Waals surface area (Å²) in [7, 11) is 0. The first-order valence-corrected chi connectivity index (χ1v) is 7.85. The zero-order valence-electron chi connectivity index (χ0n) is 13.8. The molecule has 1 amide bonds. The fraction of sp³-hybridized carbons (Fsp3) is 0.111. The molecular weight excluding hydrogens is 316 g/mol. The molecule has 25 heavy (non-hydrogen) atoms. The zero-order chi connectivity index (χ0) is 17.4. The molecule has 0 atom stereocenters. The number of benzene rings is 1.